The molecular formula is C13H20N2O2. The van der Waals surface area contributed by atoms with E-state index in [9.17, 15) is 4.79 Å². The lowest BCUT2D eigenvalue weighted by Crippen LogP contribution is -2.32. The molecule has 0 aliphatic rings. The van der Waals surface area contributed by atoms with Crippen LogP contribution in [0, 0.1) is 13.8 Å². The molecule has 1 amide bonds. The highest BCUT2D eigenvalue weighted by Crippen LogP contribution is 2.10. The predicted molar refractivity (Wildman–Crippen MR) is 67.0 cm³/mol. The van der Waals surface area contributed by atoms with Crippen LogP contribution in [-0.4, -0.2) is 40.6 Å². The molecule has 94 valence electrons. The second-order valence-corrected chi connectivity index (χ2v) is 4.05. The summed E-state index contributed by atoms with van der Waals surface area (Å²) in [6.07, 6.45) is 0.609. The molecule has 1 aromatic rings. The van der Waals surface area contributed by atoms with Crippen LogP contribution in [0.25, 0.3) is 0 Å². The average molecular weight is 236 g/mol. The Kier molecular flexibility index (Phi) is 5.10. The maximum atomic E-state index is 12.2. The minimum Gasteiger partial charge on any atom is -0.396 e. The summed E-state index contributed by atoms with van der Waals surface area (Å²) in [6.45, 7) is 7.02. The van der Waals surface area contributed by atoms with Gasteiger partial charge in [0.15, 0.2) is 0 Å². The summed E-state index contributed by atoms with van der Waals surface area (Å²) >= 11 is 0. The highest BCUT2D eigenvalue weighted by molar-refractivity contribution is 5.95. The van der Waals surface area contributed by atoms with Gasteiger partial charge in [-0.3, -0.25) is 9.78 Å². The van der Waals surface area contributed by atoms with Crippen LogP contribution in [0.2, 0.25) is 0 Å². The number of aryl methyl sites for hydroxylation is 2. The van der Waals surface area contributed by atoms with Gasteiger partial charge in [-0.05, 0) is 39.3 Å². The number of pyridine rings is 1. The Morgan fingerprint density at radius 3 is 2.65 bits per heavy atom. The van der Waals surface area contributed by atoms with Crippen molar-refractivity contribution in [2.75, 3.05) is 19.7 Å². The molecule has 17 heavy (non-hydrogen) atoms. The standard InChI is InChI=1S/C13H20N2O2/c1-4-15(8-5-9-16)13(17)12-7-6-10(2)14-11(12)3/h6-7,16H,4-5,8-9H2,1-3H3. The summed E-state index contributed by atoms with van der Waals surface area (Å²) < 4.78 is 0. The molecule has 0 fully saturated rings. The monoisotopic (exact) mass is 236 g/mol. The Balaban J connectivity index is 2.86. The van der Waals surface area contributed by atoms with Gasteiger partial charge in [0.25, 0.3) is 5.91 Å². The predicted octanol–water partition coefficient (Wildman–Crippen LogP) is 1.54. The van der Waals surface area contributed by atoms with Crippen molar-refractivity contribution in [2.45, 2.75) is 27.2 Å². The molecule has 0 saturated heterocycles. The van der Waals surface area contributed by atoms with Gasteiger partial charge in [-0.25, -0.2) is 0 Å². The first-order valence-electron chi connectivity index (χ1n) is 5.94. The Morgan fingerprint density at radius 2 is 2.12 bits per heavy atom. The molecular weight excluding hydrogens is 216 g/mol. The summed E-state index contributed by atoms with van der Waals surface area (Å²) in [5.74, 6) is -0.00838. The molecule has 1 heterocycles. The molecule has 1 N–H and O–H groups in total. The minimum absolute atomic E-state index is 0.00838. The minimum atomic E-state index is -0.00838. The van der Waals surface area contributed by atoms with Gasteiger partial charge in [0.2, 0.25) is 0 Å². The summed E-state index contributed by atoms with van der Waals surface area (Å²) in [5, 5.41) is 8.80. The smallest absolute Gasteiger partial charge is 0.255 e. The summed E-state index contributed by atoms with van der Waals surface area (Å²) in [5.41, 5.74) is 2.32. The second-order valence-electron chi connectivity index (χ2n) is 4.05. The van der Waals surface area contributed by atoms with Crippen molar-refractivity contribution in [3.05, 3.63) is 29.1 Å². The van der Waals surface area contributed by atoms with Crippen molar-refractivity contribution in [2.24, 2.45) is 0 Å². The van der Waals surface area contributed by atoms with Gasteiger partial charge in [0.05, 0.1) is 11.3 Å². The van der Waals surface area contributed by atoms with Crippen molar-refractivity contribution < 1.29 is 9.90 Å². The van der Waals surface area contributed by atoms with Gasteiger partial charge in [-0.2, -0.15) is 0 Å². The molecule has 0 aliphatic heterocycles. The van der Waals surface area contributed by atoms with Gasteiger partial charge in [-0.1, -0.05) is 0 Å². The summed E-state index contributed by atoms with van der Waals surface area (Å²) in [6, 6.07) is 3.67. The molecule has 0 aromatic carbocycles. The van der Waals surface area contributed by atoms with Crippen LogP contribution < -0.4 is 0 Å². The zero-order chi connectivity index (χ0) is 12.8. The maximum Gasteiger partial charge on any atom is 0.255 e. The number of rotatable bonds is 5. The van der Waals surface area contributed by atoms with Gasteiger partial charge >= 0.3 is 0 Å². The summed E-state index contributed by atoms with van der Waals surface area (Å²) in [7, 11) is 0. The molecule has 0 radical (unpaired) electrons. The Hall–Kier alpha value is -1.42. The normalized spacial score (nSPS) is 10.4. The van der Waals surface area contributed by atoms with E-state index in [1.165, 1.54) is 0 Å². The van der Waals surface area contributed by atoms with Crippen LogP contribution in [0.15, 0.2) is 12.1 Å². The quantitative estimate of drug-likeness (QED) is 0.843. The van der Waals surface area contributed by atoms with E-state index < -0.39 is 0 Å². The Bertz CT molecular complexity index is 391. The highest BCUT2D eigenvalue weighted by atomic mass is 16.3. The third kappa shape index (κ3) is 3.53. The summed E-state index contributed by atoms with van der Waals surface area (Å²) in [4.78, 5) is 18.2. The van der Waals surface area contributed by atoms with E-state index in [0.717, 1.165) is 11.4 Å². The third-order valence-corrected chi connectivity index (χ3v) is 2.71. The molecule has 1 rings (SSSR count). The first-order chi connectivity index (χ1) is 8.10. The molecule has 4 nitrogen and oxygen atoms in total. The van der Waals surface area contributed by atoms with Crippen LogP contribution in [0.1, 0.15) is 35.1 Å². The molecule has 0 saturated carbocycles. The molecule has 0 spiro atoms. The third-order valence-electron chi connectivity index (χ3n) is 2.71. The number of carbonyl (C=O) groups is 1. The first-order valence-corrected chi connectivity index (χ1v) is 5.94. The van der Waals surface area contributed by atoms with E-state index in [2.05, 4.69) is 4.98 Å². The van der Waals surface area contributed by atoms with E-state index in [-0.39, 0.29) is 12.5 Å². The number of carbonyl (C=O) groups excluding carboxylic acids is 1. The van der Waals surface area contributed by atoms with Crippen molar-refractivity contribution in [3.8, 4) is 0 Å². The number of amides is 1. The largest absolute Gasteiger partial charge is 0.396 e. The van der Waals surface area contributed by atoms with Gasteiger partial charge in [-0.15, -0.1) is 0 Å². The van der Waals surface area contributed by atoms with E-state index in [0.29, 0.717) is 25.1 Å². The number of aliphatic hydroxyl groups is 1. The SMILES string of the molecule is CCN(CCCO)C(=O)c1ccc(C)nc1C. The molecule has 0 aliphatic carbocycles. The number of aromatic nitrogens is 1. The van der Waals surface area contributed by atoms with Gasteiger partial charge < -0.3 is 10.0 Å². The van der Waals surface area contributed by atoms with Gasteiger partial charge in [0.1, 0.15) is 0 Å². The molecule has 0 bridgehead atoms. The highest BCUT2D eigenvalue weighted by Gasteiger charge is 2.16. The zero-order valence-electron chi connectivity index (χ0n) is 10.7. The van der Waals surface area contributed by atoms with Crippen molar-refractivity contribution in [3.63, 3.8) is 0 Å². The number of hydrogen-bond donors (Lipinski definition) is 1. The van der Waals surface area contributed by atoms with E-state index in [1.54, 1.807) is 4.90 Å². The zero-order valence-corrected chi connectivity index (χ0v) is 10.7. The van der Waals surface area contributed by atoms with Crippen molar-refractivity contribution >= 4 is 5.91 Å². The second kappa shape index (κ2) is 6.35. The van der Waals surface area contributed by atoms with E-state index in [1.807, 2.05) is 32.9 Å². The van der Waals surface area contributed by atoms with Crippen LogP contribution in [0.3, 0.4) is 0 Å². The van der Waals surface area contributed by atoms with Crippen molar-refractivity contribution in [1.29, 1.82) is 0 Å². The molecule has 0 atom stereocenters. The lowest BCUT2D eigenvalue weighted by atomic mass is 10.1. The topological polar surface area (TPSA) is 53.4 Å². The van der Waals surface area contributed by atoms with E-state index in [4.69, 9.17) is 5.11 Å². The van der Waals surface area contributed by atoms with Crippen LogP contribution >= 0.6 is 0 Å². The molecule has 0 unspecified atom stereocenters. The molecule has 4 heteroatoms. The number of nitrogens with zero attached hydrogens (tertiary/aromatic N) is 2. The number of hydrogen-bond acceptors (Lipinski definition) is 3. The average Bonchev–Trinajstić information content (AvgIpc) is 2.29. The fourth-order valence-corrected chi connectivity index (χ4v) is 1.75. The number of aliphatic hydroxyl groups excluding tert-OH is 1. The lowest BCUT2D eigenvalue weighted by Gasteiger charge is -2.21. The fraction of sp³-hybridized carbons (Fsp3) is 0.538. The van der Waals surface area contributed by atoms with Crippen LogP contribution in [-0.2, 0) is 0 Å². The van der Waals surface area contributed by atoms with Gasteiger partial charge in [0, 0.05) is 25.4 Å². The lowest BCUT2D eigenvalue weighted by molar-refractivity contribution is 0.0753. The van der Waals surface area contributed by atoms with Crippen LogP contribution in [0.4, 0.5) is 0 Å². The fourth-order valence-electron chi connectivity index (χ4n) is 1.75. The Morgan fingerprint density at radius 1 is 1.41 bits per heavy atom. The van der Waals surface area contributed by atoms with Crippen molar-refractivity contribution in [1.82, 2.24) is 9.88 Å². The van der Waals surface area contributed by atoms with E-state index >= 15 is 0 Å². The molecule has 1 aromatic heterocycles. The maximum absolute atomic E-state index is 12.2. The Labute approximate surface area is 102 Å². The van der Waals surface area contributed by atoms with Crippen LogP contribution in [0.5, 0.6) is 0 Å². The first kappa shape index (κ1) is 13.6.